The highest BCUT2D eigenvalue weighted by Crippen LogP contribution is 2.20. The van der Waals surface area contributed by atoms with Crippen LogP contribution < -0.4 is 15.5 Å². The fraction of sp³-hybridized carbons (Fsp3) is 0.391. The maximum Gasteiger partial charge on any atom is 0.255 e. The third kappa shape index (κ3) is 5.57. The van der Waals surface area contributed by atoms with E-state index in [4.69, 9.17) is 0 Å². The van der Waals surface area contributed by atoms with Crippen molar-refractivity contribution in [2.24, 2.45) is 0 Å². The van der Waals surface area contributed by atoms with Crippen LogP contribution in [0.25, 0.3) is 0 Å². The molecule has 6 heteroatoms. The van der Waals surface area contributed by atoms with Crippen LogP contribution in [0.1, 0.15) is 41.0 Å². The van der Waals surface area contributed by atoms with Crippen molar-refractivity contribution in [1.29, 1.82) is 0 Å². The monoisotopic (exact) mass is 394 g/mol. The number of likely N-dealkylation sites (N-methyl/N-ethyl adjacent to an activating group) is 1. The topological polar surface area (TPSA) is 64.7 Å². The van der Waals surface area contributed by atoms with Crippen molar-refractivity contribution in [2.75, 3.05) is 43.4 Å². The van der Waals surface area contributed by atoms with Crippen molar-refractivity contribution in [2.45, 2.75) is 26.3 Å². The van der Waals surface area contributed by atoms with E-state index >= 15 is 0 Å². The van der Waals surface area contributed by atoms with Gasteiger partial charge in [0.15, 0.2) is 0 Å². The lowest BCUT2D eigenvalue weighted by Gasteiger charge is -2.34. The maximum absolute atomic E-state index is 12.5. The highest BCUT2D eigenvalue weighted by molar-refractivity contribution is 6.05. The number of nitrogens with zero attached hydrogens (tertiary/aromatic N) is 2. The minimum Gasteiger partial charge on any atom is -0.369 e. The standard InChI is InChI=1S/C23H30N4O2/c1-4-17(2)24-22(28)18-5-7-19(8-6-18)23(29)25-20-9-11-21(12-10-20)27-15-13-26(3)14-16-27/h5-12,17H,4,13-16H2,1-3H3,(H,24,28)(H,25,29). The van der Waals surface area contributed by atoms with Crippen LogP contribution in [0.15, 0.2) is 48.5 Å². The molecule has 0 aromatic heterocycles. The Hall–Kier alpha value is -2.86. The van der Waals surface area contributed by atoms with Crippen molar-refractivity contribution in [1.82, 2.24) is 10.2 Å². The summed E-state index contributed by atoms with van der Waals surface area (Å²) in [5.74, 6) is -0.308. The van der Waals surface area contributed by atoms with E-state index in [9.17, 15) is 9.59 Å². The quantitative estimate of drug-likeness (QED) is 0.790. The maximum atomic E-state index is 12.5. The number of hydrogen-bond donors (Lipinski definition) is 2. The van der Waals surface area contributed by atoms with Gasteiger partial charge in [0.25, 0.3) is 11.8 Å². The van der Waals surface area contributed by atoms with Crippen molar-refractivity contribution in [3.63, 3.8) is 0 Å². The molecule has 3 rings (SSSR count). The molecule has 0 saturated carbocycles. The van der Waals surface area contributed by atoms with Gasteiger partial charge < -0.3 is 20.4 Å². The van der Waals surface area contributed by atoms with Gasteiger partial charge in [0.2, 0.25) is 0 Å². The van der Waals surface area contributed by atoms with E-state index < -0.39 is 0 Å². The predicted octanol–water partition coefficient (Wildman–Crippen LogP) is 3.22. The van der Waals surface area contributed by atoms with Gasteiger partial charge in [-0.05, 0) is 68.9 Å². The summed E-state index contributed by atoms with van der Waals surface area (Å²) in [7, 11) is 2.14. The summed E-state index contributed by atoms with van der Waals surface area (Å²) in [4.78, 5) is 29.3. The van der Waals surface area contributed by atoms with Gasteiger partial charge in [-0.1, -0.05) is 6.92 Å². The smallest absolute Gasteiger partial charge is 0.255 e. The Labute approximate surface area is 172 Å². The fourth-order valence-electron chi connectivity index (χ4n) is 3.21. The molecular formula is C23H30N4O2. The number of benzene rings is 2. The molecule has 0 aliphatic carbocycles. The molecule has 1 heterocycles. The normalized spacial score (nSPS) is 15.6. The van der Waals surface area contributed by atoms with Crippen molar-refractivity contribution in [3.8, 4) is 0 Å². The van der Waals surface area contributed by atoms with Gasteiger partial charge in [-0.15, -0.1) is 0 Å². The van der Waals surface area contributed by atoms with Crippen LogP contribution >= 0.6 is 0 Å². The molecule has 6 nitrogen and oxygen atoms in total. The number of piperazine rings is 1. The van der Waals surface area contributed by atoms with Crippen molar-refractivity contribution < 1.29 is 9.59 Å². The van der Waals surface area contributed by atoms with Crippen LogP contribution in [0.5, 0.6) is 0 Å². The summed E-state index contributed by atoms with van der Waals surface area (Å²) in [6.45, 7) is 8.14. The second-order valence-electron chi connectivity index (χ2n) is 7.65. The highest BCUT2D eigenvalue weighted by atomic mass is 16.2. The van der Waals surface area contributed by atoms with Gasteiger partial charge in [0.1, 0.15) is 0 Å². The molecule has 1 atom stereocenters. The van der Waals surface area contributed by atoms with Crippen LogP contribution in [0.3, 0.4) is 0 Å². The molecule has 0 radical (unpaired) electrons. The summed E-state index contributed by atoms with van der Waals surface area (Å²) in [5, 5.41) is 5.84. The Bertz CT molecular complexity index is 825. The number of hydrogen-bond acceptors (Lipinski definition) is 4. The average molecular weight is 395 g/mol. The molecule has 154 valence electrons. The minimum atomic E-state index is -0.189. The number of anilines is 2. The van der Waals surface area contributed by atoms with Crippen molar-refractivity contribution in [3.05, 3.63) is 59.7 Å². The van der Waals surface area contributed by atoms with Crippen LogP contribution in [-0.4, -0.2) is 56.0 Å². The van der Waals surface area contributed by atoms with E-state index in [-0.39, 0.29) is 17.9 Å². The first-order valence-electron chi connectivity index (χ1n) is 10.2. The zero-order valence-corrected chi connectivity index (χ0v) is 17.4. The number of carbonyl (C=O) groups excluding carboxylic acids is 2. The lowest BCUT2D eigenvalue weighted by molar-refractivity contribution is 0.0937. The van der Waals surface area contributed by atoms with Gasteiger partial charge >= 0.3 is 0 Å². The fourth-order valence-corrected chi connectivity index (χ4v) is 3.21. The van der Waals surface area contributed by atoms with Crippen LogP contribution in [0.4, 0.5) is 11.4 Å². The Morgan fingerprint density at radius 1 is 0.897 bits per heavy atom. The summed E-state index contributed by atoms with van der Waals surface area (Å²) in [6.07, 6.45) is 0.875. The van der Waals surface area contributed by atoms with E-state index in [0.29, 0.717) is 11.1 Å². The lowest BCUT2D eigenvalue weighted by Crippen LogP contribution is -2.44. The number of rotatable bonds is 6. The first kappa shape index (κ1) is 20.9. The molecule has 2 aromatic carbocycles. The summed E-state index contributed by atoms with van der Waals surface area (Å²) in [5.41, 5.74) is 3.01. The Balaban J connectivity index is 1.58. The first-order valence-corrected chi connectivity index (χ1v) is 10.2. The third-order valence-corrected chi connectivity index (χ3v) is 5.39. The van der Waals surface area contributed by atoms with Crippen molar-refractivity contribution >= 4 is 23.2 Å². The lowest BCUT2D eigenvalue weighted by atomic mass is 10.1. The zero-order valence-electron chi connectivity index (χ0n) is 17.4. The van der Waals surface area contributed by atoms with E-state index in [0.717, 1.165) is 38.3 Å². The number of amides is 2. The van der Waals surface area contributed by atoms with Gasteiger partial charge in [0.05, 0.1) is 0 Å². The van der Waals surface area contributed by atoms with E-state index in [1.807, 2.05) is 38.1 Å². The summed E-state index contributed by atoms with van der Waals surface area (Å²) >= 11 is 0. The molecule has 1 saturated heterocycles. The minimum absolute atomic E-state index is 0.120. The van der Waals surface area contributed by atoms with E-state index in [2.05, 4.69) is 27.5 Å². The molecule has 2 amide bonds. The second-order valence-corrected chi connectivity index (χ2v) is 7.65. The van der Waals surface area contributed by atoms with Gasteiger partial charge in [-0.3, -0.25) is 9.59 Å². The molecule has 1 aliphatic rings. The molecule has 1 unspecified atom stereocenters. The SMILES string of the molecule is CCC(C)NC(=O)c1ccc(C(=O)Nc2ccc(N3CCN(C)CC3)cc2)cc1. The molecule has 1 fully saturated rings. The molecule has 1 aliphatic heterocycles. The van der Waals surface area contributed by atoms with Crippen LogP contribution in [0, 0.1) is 0 Å². The first-order chi connectivity index (χ1) is 14.0. The van der Waals surface area contributed by atoms with E-state index in [1.54, 1.807) is 24.3 Å². The Kier molecular flexibility index (Phi) is 6.88. The zero-order chi connectivity index (χ0) is 20.8. The highest BCUT2D eigenvalue weighted by Gasteiger charge is 2.15. The number of nitrogens with one attached hydrogen (secondary N) is 2. The summed E-state index contributed by atoms with van der Waals surface area (Å²) in [6, 6.07) is 14.8. The van der Waals surface area contributed by atoms with Gasteiger partial charge in [0, 0.05) is 54.7 Å². The Morgan fingerprint density at radius 3 is 2.00 bits per heavy atom. The molecular weight excluding hydrogens is 364 g/mol. The molecule has 0 spiro atoms. The largest absolute Gasteiger partial charge is 0.369 e. The van der Waals surface area contributed by atoms with Crippen LogP contribution in [0.2, 0.25) is 0 Å². The van der Waals surface area contributed by atoms with E-state index in [1.165, 1.54) is 5.69 Å². The molecule has 29 heavy (non-hydrogen) atoms. The molecule has 2 aromatic rings. The van der Waals surface area contributed by atoms with Crippen LogP contribution in [-0.2, 0) is 0 Å². The average Bonchev–Trinajstić information content (AvgIpc) is 2.75. The third-order valence-electron chi connectivity index (χ3n) is 5.39. The number of carbonyl (C=O) groups is 2. The van der Waals surface area contributed by atoms with Gasteiger partial charge in [-0.2, -0.15) is 0 Å². The second kappa shape index (κ2) is 9.56. The molecule has 0 bridgehead atoms. The summed E-state index contributed by atoms with van der Waals surface area (Å²) < 4.78 is 0. The Morgan fingerprint density at radius 2 is 1.45 bits per heavy atom. The predicted molar refractivity (Wildman–Crippen MR) is 118 cm³/mol. The van der Waals surface area contributed by atoms with Gasteiger partial charge in [-0.25, -0.2) is 0 Å². The molecule has 2 N–H and O–H groups in total.